The lowest BCUT2D eigenvalue weighted by atomic mass is 10.1. The minimum absolute atomic E-state index is 0.0113. The molecule has 0 radical (unpaired) electrons. The molecule has 0 aliphatic heterocycles. The number of amides is 1. The SMILES string of the molecule is CCCCCC/C=C\CCCC(=O)NC(COP(=O)([O-])OCC[N+](C)(C)C)C(O)/C=C/CC/C=C/CCCCCCCCCCCC. The number of quaternary nitrogens is 1. The van der Waals surface area contributed by atoms with Crippen LogP contribution in [-0.4, -0.2) is 68.5 Å². The van der Waals surface area contributed by atoms with Gasteiger partial charge in [0.25, 0.3) is 7.82 Å². The van der Waals surface area contributed by atoms with E-state index in [0.29, 0.717) is 17.4 Å². The van der Waals surface area contributed by atoms with E-state index >= 15 is 0 Å². The van der Waals surface area contributed by atoms with E-state index in [4.69, 9.17) is 9.05 Å². The first-order valence-corrected chi connectivity index (χ1v) is 20.3. The monoisotopic (exact) mass is 685 g/mol. The van der Waals surface area contributed by atoms with Gasteiger partial charge in [-0.25, -0.2) is 0 Å². The first-order valence-electron chi connectivity index (χ1n) is 18.9. The Kier molecular flexibility index (Phi) is 29.9. The topological polar surface area (TPSA) is 108 Å². The highest BCUT2D eigenvalue weighted by atomic mass is 31.2. The average Bonchev–Trinajstić information content (AvgIpc) is 3.01. The molecule has 0 rings (SSSR count). The van der Waals surface area contributed by atoms with Crippen LogP contribution in [0.5, 0.6) is 0 Å². The van der Waals surface area contributed by atoms with Gasteiger partial charge in [-0.15, -0.1) is 0 Å². The fourth-order valence-corrected chi connectivity index (χ4v) is 5.72. The Bertz CT molecular complexity index is 871. The molecule has 0 aromatic heterocycles. The van der Waals surface area contributed by atoms with Gasteiger partial charge in [-0.1, -0.05) is 127 Å². The summed E-state index contributed by atoms with van der Waals surface area (Å²) in [5.41, 5.74) is 0. The van der Waals surface area contributed by atoms with Gasteiger partial charge in [-0.3, -0.25) is 9.36 Å². The maximum absolute atomic E-state index is 12.7. The number of aliphatic hydroxyl groups excluding tert-OH is 1. The molecule has 3 atom stereocenters. The number of phosphoric ester groups is 1. The molecule has 0 saturated carbocycles. The van der Waals surface area contributed by atoms with Gasteiger partial charge in [-0.05, 0) is 51.4 Å². The van der Waals surface area contributed by atoms with Crippen LogP contribution in [0.1, 0.15) is 149 Å². The number of likely N-dealkylation sites (N-methyl/N-ethyl adjacent to an activating group) is 1. The molecule has 0 heterocycles. The molecular weight excluding hydrogens is 611 g/mol. The molecule has 0 aromatic rings. The number of carbonyl (C=O) groups is 1. The van der Waals surface area contributed by atoms with Crippen LogP contribution in [0, 0.1) is 0 Å². The first kappa shape index (κ1) is 45.7. The molecule has 0 aliphatic rings. The predicted molar refractivity (Wildman–Crippen MR) is 196 cm³/mol. The fourth-order valence-electron chi connectivity index (χ4n) is 4.99. The van der Waals surface area contributed by atoms with E-state index < -0.39 is 26.6 Å². The number of phosphoric acid groups is 1. The van der Waals surface area contributed by atoms with Crippen LogP contribution >= 0.6 is 7.82 Å². The second-order valence-electron chi connectivity index (χ2n) is 13.9. The summed E-state index contributed by atoms with van der Waals surface area (Å²) in [7, 11) is 1.22. The van der Waals surface area contributed by atoms with Crippen molar-refractivity contribution in [2.45, 2.75) is 161 Å². The Labute approximate surface area is 289 Å². The number of nitrogens with zero attached hydrogens (tertiary/aromatic N) is 1. The zero-order valence-corrected chi connectivity index (χ0v) is 31.9. The lowest BCUT2D eigenvalue weighted by Crippen LogP contribution is -2.45. The minimum atomic E-state index is -4.59. The van der Waals surface area contributed by atoms with Crippen LogP contribution in [0.4, 0.5) is 0 Å². The second-order valence-corrected chi connectivity index (χ2v) is 15.3. The number of rotatable bonds is 33. The molecule has 0 fully saturated rings. The quantitative estimate of drug-likeness (QED) is 0.0309. The van der Waals surface area contributed by atoms with Gasteiger partial charge in [0.1, 0.15) is 13.2 Å². The highest BCUT2D eigenvalue weighted by molar-refractivity contribution is 7.45. The summed E-state index contributed by atoms with van der Waals surface area (Å²) in [5.74, 6) is -0.246. The largest absolute Gasteiger partial charge is 0.756 e. The molecule has 3 unspecified atom stereocenters. The molecule has 47 heavy (non-hydrogen) atoms. The van der Waals surface area contributed by atoms with Crippen molar-refractivity contribution >= 4 is 13.7 Å². The molecule has 0 aliphatic carbocycles. The van der Waals surface area contributed by atoms with Gasteiger partial charge in [0.2, 0.25) is 5.91 Å². The summed E-state index contributed by atoms with van der Waals surface area (Å²) in [6.45, 7) is 4.53. The number of allylic oxidation sites excluding steroid dienone is 5. The van der Waals surface area contributed by atoms with Crippen molar-refractivity contribution in [1.29, 1.82) is 0 Å². The molecule has 0 aromatic carbocycles. The van der Waals surface area contributed by atoms with Crippen LogP contribution in [0.15, 0.2) is 36.5 Å². The first-order chi connectivity index (χ1) is 22.5. The Balaban J connectivity index is 4.61. The van der Waals surface area contributed by atoms with Gasteiger partial charge in [0.05, 0.1) is 39.9 Å². The van der Waals surface area contributed by atoms with E-state index in [1.807, 2.05) is 27.2 Å². The number of carbonyl (C=O) groups excluding carboxylic acids is 1. The zero-order chi connectivity index (χ0) is 35.1. The van der Waals surface area contributed by atoms with Crippen molar-refractivity contribution < 1.29 is 32.9 Å². The van der Waals surface area contributed by atoms with Crippen molar-refractivity contribution in [3.8, 4) is 0 Å². The Morgan fingerprint density at radius 1 is 0.723 bits per heavy atom. The molecule has 1 amide bonds. The number of aliphatic hydroxyl groups is 1. The normalized spacial score (nSPS) is 15.1. The molecule has 0 spiro atoms. The molecule has 0 bridgehead atoms. The number of hydrogen-bond donors (Lipinski definition) is 2. The van der Waals surface area contributed by atoms with E-state index in [2.05, 4.69) is 43.5 Å². The van der Waals surface area contributed by atoms with Gasteiger partial charge < -0.3 is 28.8 Å². The molecule has 2 N–H and O–H groups in total. The van der Waals surface area contributed by atoms with Gasteiger partial charge in [-0.2, -0.15) is 0 Å². The van der Waals surface area contributed by atoms with Crippen LogP contribution < -0.4 is 10.2 Å². The number of unbranched alkanes of at least 4 members (excludes halogenated alkanes) is 16. The summed E-state index contributed by atoms with van der Waals surface area (Å²) in [4.78, 5) is 25.0. The van der Waals surface area contributed by atoms with E-state index in [0.717, 1.165) is 32.1 Å². The summed E-state index contributed by atoms with van der Waals surface area (Å²) < 4.78 is 23.0. The van der Waals surface area contributed by atoms with Crippen molar-refractivity contribution in [1.82, 2.24) is 5.32 Å². The minimum Gasteiger partial charge on any atom is -0.756 e. The van der Waals surface area contributed by atoms with E-state index in [-0.39, 0.29) is 18.9 Å². The third-order valence-corrected chi connectivity index (χ3v) is 9.04. The smallest absolute Gasteiger partial charge is 0.268 e. The highest BCUT2D eigenvalue weighted by Gasteiger charge is 2.23. The standard InChI is InChI=1S/C38H73N2O6P/c1-6-8-10-12-14-16-17-18-19-20-21-22-24-25-27-29-31-37(41)36(35-46-47(43,44)45-34-33-40(3,4)5)39-38(42)32-30-28-26-23-15-13-11-9-7-2/h22-24,26,29,31,36-37,41H,6-21,25,27-28,30,32-35H2,1-5H3,(H-,39,42,43,44)/b24-22+,26-23-,31-29+. The van der Waals surface area contributed by atoms with Gasteiger partial charge in [0.15, 0.2) is 0 Å². The summed E-state index contributed by atoms with van der Waals surface area (Å²) in [5, 5.41) is 13.6. The molecule has 9 heteroatoms. The van der Waals surface area contributed by atoms with Crippen molar-refractivity contribution in [3.63, 3.8) is 0 Å². The molecule has 8 nitrogen and oxygen atoms in total. The molecule has 0 saturated heterocycles. The van der Waals surface area contributed by atoms with E-state index in [9.17, 15) is 19.4 Å². The average molecular weight is 685 g/mol. The van der Waals surface area contributed by atoms with Crippen LogP contribution in [0.25, 0.3) is 0 Å². The third kappa shape index (κ3) is 33.0. The summed E-state index contributed by atoms with van der Waals surface area (Å²) >= 11 is 0. The van der Waals surface area contributed by atoms with Crippen LogP contribution in [0.3, 0.4) is 0 Å². The van der Waals surface area contributed by atoms with Crippen LogP contribution in [-0.2, 0) is 18.4 Å². The lowest BCUT2D eigenvalue weighted by molar-refractivity contribution is -0.870. The second kappa shape index (κ2) is 30.8. The lowest BCUT2D eigenvalue weighted by Gasteiger charge is -2.29. The predicted octanol–water partition coefficient (Wildman–Crippen LogP) is 8.94. The van der Waals surface area contributed by atoms with E-state index in [1.165, 1.54) is 89.9 Å². The van der Waals surface area contributed by atoms with E-state index in [1.54, 1.807) is 6.08 Å². The highest BCUT2D eigenvalue weighted by Crippen LogP contribution is 2.38. The van der Waals surface area contributed by atoms with Gasteiger partial charge in [0, 0.05) is 6.42 Å². The third-order valence-electron chi connectivity index (χ3n) is 8.07. The Morgan fingerprint density at radius 3 is 1.74 bits per heavy atom. The summed E-state index contributed by atoms with van der Waals surface area (Å²) in [6.07, 6.45) is 34.9. The Morgan fingerprint density at radius 2 is 1.19 bits per heavy atom. The Hall–Kier alpha value is -1.28. The number of hydrogen-bond acceptors (Lipinski definition) is 6. The van der Waals surface area contributed by atoms with Crippen molar-refractivity contribution in [3.05, 3.63) is 36.5 Å². The molecular formula is C38H73N2O6P. The molecule has 276 valence electrons. The maximum atomic E-state index is 12.7. The van der Waals surface area contributed by atoms with Gasteiger partial charge >= 0.3 is 0 Å². The number of nitrogens with one attached hydrogen (secondary N) is 1. The van der Waals surface area contributed by atoms with Crippen molar-refractivity contribution in [2.24, 2.45) is 0 Å². The van der Waals surface area contributed by atoms with Crippen LogP contribution in [0.2, 0.25) is 0 Å². The maximum Gasteiger partial charge on any atom is 0.268 e. The summed E-state index contributed by atoms with van der Waals surface area (Å²) in [6, 6.07) is -0.913. The fraction of sp³-hybridized carbons (Fsp3) is 0.816. The van der Waals surface area contributed by atoms with Crippen molar-refractivity contribution in [2.75, 3.05) is 40.9 Å². The zero-order valence-electron chi connectivity index (χ0n) is 31.0.